The Kier molecular flexibility index (Phi) is 3.97. The summed E-state index contributed by atoms with van der Waals surface area (Å²) in [5, 5.41) is 0. The van der Waals surface area contributed by atoms with Gasteiger partial charge in [0.05, 0.1) is 4.90 Å². The van der Waals surface area contributed by atoms with Gasteiger partial charge in [0.15, 0.2) is 0 Å². The van der Waals surface area contributed by atoms with E-state index < -0.39 is 10.0 Å². The van der Waals surface area contributed by atoms with Crippen molar-refractivity contribution in [3.8, 4) is 0 Å². The van der Waals surface area contributed by atoms with Crippen molar-refractivity contribution in [2.75, 3.05) is 0 Å². The highest BCUT2D eigenvalue weighted by Gasteiger charge is 2.31. The van der Waals surface area contributed by atoms with Crippen molar-refractivity contribution in [1.29, 1.82) is 0 Å². The maximum atomic E-state index is 12.5. The first-order valence-electron chi connectivity index (χ1n) is 6.98. The summed E-state index contributed by atoms with van der Waals surface area (Å²) < 4.78 is 27.7. The molecule has 4 nitrogen and oxygen atoms in total. The van der Waals surface area contributed by atoms with Crippen molar-refractivity contribution in [1.82, 2.24) is 4.72 Å². The monoisotopic (exact) mass is 296 g/mol. The molecule has 0 aliphatic heterocycles. The molecule has 0 unspecified atom stereocenters. The van der Waals surface area contributed by atoms with E-state index in [1.165, 1.54) is 0 Å². The second kappa shape index (κ2) is 5.13. The summed E-state index contributed by atoms with van der Waals surface area (Å²) in [6.45, 7) is 8.05. The zero-order chi connectivity index (χ0) is 15.1. The number of nitrogens with two attached hydrogens (primary N) is 1. The predicted molar refractivity (Wildman–Crippen MR) is 81.2 cm³/mol. The fourth-order valence-corrected chi connectivity index (χ4v) is 3.93. The van der Waals surface area contributed by atoms with Crippen LogP contribution >= 0.6 is 0 Å². The maximum absolute atomic E-state index is 12.5. The van der Waals surface area contributed by atoms with E-state index in [0.29, 0.717) is 4.90 Å². The van der Waals surface area contributed by atoms with Crippen molar-refractivity contribution in [2.24, 2.45) is 5.73 Å². The first-order chi connectivity index (χ1) is 9.09. The van der Waals surface area contributed by atoms with E-state index in [-0.39, 0.29) is 17.5 Å². The Morgan fingerprint density at radius 1 is 1.25 bits per heavy atom. The SMILES string of the molecule is Cc1ccc(C(C)(C)C)cc1S(=O)(=O)NC1CC(N)C1. The highest BCUT2D eigenvalue weighted by atomic mass is 32.2. The van der Waals surface area contributed by atoms with Gasteiger partial charge in [0, 0.05) is 12.1 Å². The first kappa shape index (κ1) is 15.5. The van der Waals surface area contributed by atoms with Crippen LogP contribution in [0.3, 0.4) is 0 Å². The summed E-state index contributed by atoms with van der Waals surface area (Å²) in [5.41, 5.74) is 7.42. The highest BCUT2D eigenvalue weighted by Crippen LogP contribution is 2.27. The molecular weight excluding hydrogens is 272 g/mol. The third-order valence-corrected chi connectivity index (χ3v) is 5.50. The first-order valence-corrected chi connectivity index (χ1v) is 8.47. The molecule has 0 bridgehead atoms. The van der Waals surface area contributed by atoms with Crippen LogP contribution in [0.25, 0.3) is 0 Å². The summed E-state index contributed by atoms with van der Waals surface area (Å²) in [6.07, 6.45) is 1.44. The predicted octanol–water partition coefficient (Wildman–Crippen LogP) is 2.06. The third kappa shape index (κ3) is 3.22. The van der Waals surface area contributed by atoms with Crippen molar-refractivity contribution < 1.29 is 8.42 Å². The van der Waals surface area contributed by atoms with Gasteiger partial charge in [0.1, 0.15) is 0 Å². The van der Waals surface area contributed by atoms with Gasteiger partial charge in [-0.25, -0.2) is 13.1 Å². The molecule has 1 aromatic rings. The quantitative estimate of drug-likeness (QED) is 0.897. The highest BCUT2D eigenvalue weighted by molar-refractivity contribution is 7.89. The van der Waals surface area contributed by atoms with Gasteiger partial charge in [-0.1, -0.05) is 32.9 Å². The Hall–Kier alpha value is -0.910. The molecule has 1 saturated carbocycles. The number of hydrogen-bond acceptors (Lipinski definition) is 3. The van der Waals surface area contributed by atoms with Crippen molar-refractivity contribution >= 4 is 10.0 Å². The largest absolute Gasteiger partial charge is 0.328 e. The molecule has 0 saturated heterocycles. The summed E-state index contributed by atoms with van der Waals surface area (Å²) in [6, 6.07) is 5.77. The van der Waals surface area contributed by atoms with Crippen molar-refractivity contribution in [2.45, 2.75) is 62.9 Å². The third-order valence-electron chi connectivity index (χ3n) is 3.84. The lowest BCUT2D eigenvalue weighted by Gasteiger charge is -2.33. The molecule has 1 fully saturated rings. The van der Waals surface area contributed by atoms with Gasteiger partial charge in [-0.3, -0.25) is 0 Å². The standard InChI is InChI=1S/C15H24N2O2S/c1-10-5-6-11(15(2,3)4)7-14(10)20(18,19)17-13-8-12(16)9-13/h5-7,12-13,17H,8-9,16H2,1-4H3. The lowest BCUT2D eigenvalue weighted by Crippen LogP contribution is -2.50. The molecule has 0 amide bonds. The van der Waals surface area contributed by atoms with E-state index in [1.807, 2.05) is 19.1 Å². The second-order valence-electron chi connectivity index (χ2n) is 6.78. The van der Waals surface area contributed by atoms with Gasteiger partial charge in [-0.15, -0.1) is 0 Å². The van der Waals surface area contributed by atoms with E-state index in [0.717, 1.165) is 24.0 Å². The van der Waals surface area contributed by atoms with E-state index in [4.69, 9.17) is 5.73 Å². The summed E-state index contributed by atoms with van der Waals surface area (Å²) in [7, 11) is -3.46. The number of sulfonamides is 1. The molecule has 0 heterocycles. The Morgan fingerprint density at radius 3 is 2.35 bits per heavy atom. The van der Waals surface area contributed by atoms with E-state index >= 15 is 0 Å². The second-order valence-corrected chi connectivity index (χ2v) is 8.46. The van der Waals surface area contributed by atoms with Gasteiger partial charge < -0.3 is 5.73 Å². The number of hydrogen-bond donors (Lipinski definition) is 2. The summed E-state index contributed by atoms with van der Waals surface area (Å²) >= 11 is 0. The average molecular weight is 296 g/mol. The van der Waals surface area contributed by atoms with Crippen LogP contribution in [0, 0.1) is 6.92 Å². The molecule has 1 aliphatic carbocycles. The molecule has 0 radical (unpaired) electrons. The number of rotatable bonds is 3. The Bertz CT molecular complexity index is 597. The van der Waals surface area contributed by atoms with Gasteiger partial charge in [-0.05, 0) is 42.4 Å². The van der Waals surface area contributed by atoms with Crippen LogP contribution in [-0.2, 0) is 15.4 Å². The van der Waals surface area contributed by atoms with Gasteiger partial charge >= 0.3 is 0 Å². The maximum Gasteiger partial charge on any atom is 0.241 e. The van der Waals surface area contributed by atoms with Gasteiger partial charge in [-0.2, -0.15) is 0 Å². The average Bonchev–Trinajstić information content (AvgIpc) is 2.25. The Morgan fingerprint density at radius 2 is 1.85 bits per heavy atom. The van der Waals surface area contributed by atoms with Gasteiger partial charge in [0.25, 0.3) is 0 Å². The van der Waals surface area contributed by atoms with Gasteiger partial charge in [0.2, 0.25) is 10.0 Å². The Labute approximate surface area is 121 Å². The zero-order valence-electron chi connectivity index (χ0n) is 12.6. The molecule has 5 heteroatoms. The lowest BCUT2D eigenvalue weighted by molar-refractivity contribution is 0.327. The minimum absolute atomic E-state index is 0.0207. The van der Waals surface area contributed by atoms with Crippen LogP contribution in [0.1, 0.15) is 44.7 Å². The fraction of sp³-hybridized carbons (Fsp3) is 0.600. The van der Waals surface area contributed by atoms with E-state index in [9.17, 15) is 8.42 Å². The van der Waals surface area contributed by atoms with Crippen LogP contribution in [0.15, 0.2) is 23.1 Å². The van der Waals surface area contributed by atoms with Crippen LogP contribution < -0.4 is 10.5 Å². The molecule has 1 aromatic carbocycles. The fourth-order valence-electron chi connectivity index (χ4n) is 2.40. The van der Waals surface area contributed by atoms with Crippen LogP contribution in [0.5, 0.6) is 0 Å². The molecular formula is C15H24N2O2S. The van der Waals surface area contributed by atoms with Crippen LogP contribution in [0.4, 0.5) is 0 Å². The molecule has 0 aromatic heterocycles. The molecule has 112 valence electrons. The number of benzene rings is 1. The van der Waals surface area contributed by atoms with E-state index in [2.05, 4.69) is 25.5 Å². The lowest BCUT2D eigenvalue weighted by atomic mass is 9.87. The normalized spacial score (nSPS) is 23.4. The molecule has 0 atom stereocenters. The minimum Gasteiger partial charge on any atom is -0.328 e. The Balaban J connectivity index is 2.31. The van der Waals surface area contributed by atoms with E-state index in [1.54, 1.807) is 6.07 Å². The summed E-state index contributed by atoms with van der Waals surface area (Å²) in [4.78, 5) is 0.380. The zero-order valence-corrected chi connectivity index (χ0v) is 13.4. The smallest absolute Gasteiger partial charge is 0.241 e. The van der Waals surface area contributed by atoms with Crippen molar-refractivity contribution in [3.05, 3.63) is 29.3 Å². The molecule has 20 heavy (non-hydrogen) atoms. The molecule has 0 spiro atoms. The molecule has 1 aliphatic rings. The van der Waals surface area contributed by atoms with Crippen LogP contribution in [0.2, 0.25) is 0 Å². The summed E-state index contributed by atoms with van der Waals surface area (Å²) in [5.74, 6) is 0. The van der Waals surface area contributed by atoms with Crippen LogP contribution in [-0.4, -0.2) is 20.5 Å². The van der Waals surface area contributed by atoms with Crippen molar-refractivity contribution in [3.63, 3.8) is 0 Å². The number of nitrogens with one attached hydrogen (secondary N) is 1. The minimum atomic E-state index is -3.46. The number of aryl methyl sites for hydroxylation is 1. The molecule has 2 rings (SSSR count). The topological polar surface area (TPSA) is 72.2 Å². The molecule has 3 N–H and O–H groups in total.